The van der Waals surface area contributed by atoms with E-state index >= 15 is 0 Å². The van der Waals surface area contributed by atoms with E-state index in [2.05, 4.69) is 0 Å². The molecule has 0 heterocycles. The number of benzene rings is 1. The van der Waals surface area contributed by atoms with E-state index in [1.54, 1.807) is 12.1 Å². The van der Waals surface area contributed by atoms with E-state index in [-0.39, 0.29) is 0 Å². The molecule has 1 atom stereocenters. The van der Waals surface area contributed by atoms with Crippen LogP contribution in [0.15, 0.2) is 12.1 Å². The topological polar surface area (TPSA) is 26.3 Å². The standard InChI is InChI=1S/C12H14Cl2O2/c1-4-10(12(14)15)16-9-5-7(2)11(13)8(3)6-9/h5-6,10H,4H2,1-3H3/t10-/m1/s1. The van der Waals surface area contributed by atoms with Crippen molar-refractivity contribution in [2.24, 2.45) is 0 Å². The van der Waals surface area contributed by atoms with Crippen LogP contribution in [0.4, 0.5) is 0 Å². The molecule has 0 saturated heterocycles. The SMILES string of the molecule is CC[C@@H](Oc1cc(C)c(Cl)c(C)c1)C(=O)Cl. The van der Waals surface area contributed by atoms with E-state index in [4.69, 9.17) is 27.9 Å². The maximum absolute atomic E-state index is 11.0. The van der Waals surface area contributed by atoms with Crippen LogP contribution in [0.3, 0.4) is 0 Å². The lowest BCUT2D eigenvalue weighted by Crippen LogP contribution is -2.22. The van der Waals surface area contributed by atoms with E-state index in [0.29, 0.717) is 12.2 Å². The second-order valence-corrected chi connectivity index (χ2v) is 4.44. The van der Waals surface area contributed by atoms with Crippen molar-refractivity contribution in [1.82, 2.24) is 0 Å². The fourth-order valence-electron chi connectivity index (χ4n) is 1.43. The minimum Gasteiger partial charge on any atom is -0.481 e. The minimum atomic E-state index is -0.596. The first-order valence-corrected chi connectivity index (χ1v) is 5.84. The van der Waals surface area contributed by atoms with Crippen LogP contribution in [0.25, 0.3) is 0 Å². The Labute approximate surface area is 106 Å². The van der Waals surface area contributed by atoms with Gasteiger partial charge in [-0.1, -0.05) is 18.5 Å². The molecule has 0 saturated carbocycles. The van der Waals surface area contributed by atoms with Gasteiger partial charge in [-0.15, -0.1) is 0 Å². The van der Waals surface area contributed by atoms with Gasteiger partial charge in [-0.2, -0.15) is 0 Å². The molecule has 0 bridgehead atoms. The van der Waals surface area contributed by atoms with Crippen LogP contribution in [0, 0.1) is 13.8 Å². The molecule has 1 aromatic carbocycles. The molecule has 1 aromatic rings. The van der Waals surface area contributed by atoms with Gasteiger partial charge in [0.25, 0.3) is 5.24 Å². The van der Waals surface area contributed by atoms with Crippen LogP contribution >= 0.6 is 23.2 Å². The van der Waals surface area contributed by atoms with Gasteiger partial charge in [-0.3, -0.25) is 4.79 Å². The highest BCUT2D eigenvalue weighted by Crippen LogP contribution is 2.26. The summed E-state index contributed by atoms with van der Waals surface area (Å²) < 4.78 is 5.50. The molecule has 0 aliphatic heterocycles. The van der Waals surface area contributed by atoms with Gasteiger partial charge in [0.05, 0.1) is 0 Å². The molecule has 0 N–H and O–H groups in total. The van der Waals surface area contributed by atoms with Crippen LogP contribution < -0.4 is 4.74 Å². The van der Waals surface area contributed by atoms with Gasteiger partial charge < -0.3 is 4.74 Å². The van der Waals surface area contributed by atoms with Gasteiger partial charge in [0.2, 0.25) is 0 Å². The Kier molecular flexibility index (Phi) is 4.63. The summed E-state index contributed by atoms with van der Waals surface area (Å²) in [6, 6.07) is 3.61. The highest BCUT2D eigenvalue weighted by atomic mass is 35.5. The number of carbonyl (C=O) groups excluding carboxylic acids is 1. The summed E-state index contributed by atoms with van der Waals surface area (Å²) >= 11 is 11.4. The van der Waals surface area contributed by atoms with Gasteiger partial charge in [0, 0.05) is 5.02 Å². The van der Waals surface area contributed by atoms with Crippen molar-refractivity contribution in [1.29, 1.82) is 0 Å². The molecule has 16 heavy (non-hydrogen) atoms. The normalized spacial score (nSPS) is 12.3. The number of hydrogen-bond donors (Lipinski definition) is 0. The molecule has 88 valence electrons. The fourth-order valence-corrected chi connectivity index (χ4v) is 1.74. The molecule has 0 unspecified atom stereocenters. The van der Waals surface area contributed by atoms with Crippen LogP contribution in [0.1, 0.15) is 24.5 Å². The molecule has 0 aromatic heterocycles. The third-order valence-electron chi connectivity index (χ3n) is 2.31. The van der Waals surface area contributed by atoms with E-state index in [1.165, 1.54) is 0 Å². The Morgan fingerprint density at radius 1 is 1.38 bits per heavy atom. The van der Waals surface area contributed by atoms with Crippen LogP contribution in [0.2, 0.25) is 5.02 Å². The highest BCUT2D eigenvalue weighted by molar-refractivity contribution is 6.64. The van der Waals surface area contributed by atoms with Crippen molar-refractivity contribution in [3.63, 3.8) is 0 Å². The van der Waals surface area contributed by atoms with E-state index in [9.17, 15) is 4.79 Å². The molecule has 0 spiro atoms. The lowest BCUT2D eigenvalue weighted by atomic mass is 10.1. The fraction of sp³-hybridized carbons (Fsp3) is 0.417. The van der Waals surface area contributed by atoms with Crippen molar-refractivity contribution in [2.45, 2.75) is 33.3 Å². The first-order chi connectivity index (χ1) is 7.45. The number of aryl methyl sites for hydroxylation is 2. The van der Waals surface area contributed by atoms with Crippen molar-refractivity contribution in [3.8, 4) is 5.75 Å². The van der Waals surface area contributed by atoms with Gasteiger partial charge >= 0.3 is 0 Å². The summed E-state index contributed by atoms with van der Waals surface area (Å²) in [4.78, 5) is 11.0. The number of halogens is 2. The number of carbonyl (C=O) groups is 1. The quantitative estimate of drug-likeness (QED) is 0.769. The van der Waals surface area contributed by atoms with E-state index in [1.807, 2.05) is 20.8 Å². The van der Waals surface area contributed by atoms with Gasteiger partial charge in [-0.25, -0.2) is 0 Å². The molecule has 0 amide bonds. The Morgan fingerprint density at radius 2 is 1.88 bits per heavy atom. The van der Waals surface area contributed by atoms with Crippen LogP contribution in [0.5, 0.6) is 5.75 Å². The predicted molar refractivity (Wildman–Crippen MR) is 66.5 cm³/mol. The molecule has 0 fully saturated rings. The first kappa shape index (κ1) is 13.3. The summed E-state index contributed by atoms with van der Waals surface area (Å²) in [6.07, 6.45) is -0.0510. The van der Waals surface area contributed by atoms with E-state index in [0.717, 1.165) is 16.1 Å². The average molecular weight is 261 g/mol. The van der Waals surface area contributed by atoms with Crippen LogP contribution in [-0.2, 0) is 4.79 Å². The maximum Gasteiger partial charge on any atom is 0.262 e. The van der Waals surface area contributed by atoms with Gasteiger partial charge in [0.1, 0.15) is 5.75 Å². The zero-order valence-electron chi connectivity index (χ0n) is 9.51. The van der Waals surface area contributed by atoms with Crippen LogP contribution in [-0.4, -0.2) is 11.3 Å². The van der Waals surface area contributed by atoms with Gasteiger partial charge in [-0.05, 0) is 55.1 Å². The molecule has 0 radical (unpaired) electrons. The Balaban J connectivity index is 2.93. The lowest BCUT2D eigenvalue weighted by Gasteiger charge is -2.15. The third kappa shape index (κ3) is 3.13. The summed E-state index contributed by atoms with van der Waals surface area (Å²) in [6.45, 7) is 5.64. The van der Waals surface area contributed by atoms with Crippen molar-refractivity contribution in [3.05, 3.63) is 28.3 Å². The molecule has 0 aliphatic rings. The lowest BCUT2D eigenvalue weighted by molar-refractivity contribution is -0.117. The third-order valence-corrected chi connectivity index (χ3v) is 3.15. The molecule has 0 aliphatic carbocycles. The summed E-state index contributed by atoms with van der Waals surface area (Å²) in [5.74, 6) is 0.625. The average Bonchev–Trinajstić information content (AvgIpc) is 2.21. The summed E-state index contributed by atoms with van der Waals surface area (Å²) in [7, 11) is 0. The molecule has 2 nitrogen and oxygen atoms in total. The maximum atomic E-state index is 11.0. The highest BCUT2D eigenvalue weighted by Gasteiger charge is 2.16. The van der Waals surface area contributed by atoms with Gasteiger partial charge in [0.15, 0.2) is 6.10 Å². The number of ether oxygens (including phenoxy) is 1. The zero-order valence-corrected chi connectivity index (χ0v) is 11.0. The van der Waals surface area contributed by atoms with Crippen molar-refractivity contribution in [2.75, 3.05) is 0 Å². The predicted octanol–water partition coefficient (Wildman–Crippen LogP) is 3.88. The van der Waals surface area contributed by atoms with Crippen molar-refractivity contribution >= 4 is 28.4 Å². The zero-order chi connectivity index (χ0) is 12.3. The largest absolute Gasteiger partial charge is 0.481 e. The second kappa shape index (κ2) is 5.55. The summed E-state index contributed by atoms with van der Waals surface area (Å²) in [5.41, 5.74) is 1.85. The Morgan fingerprint density at radius 3 is 2.25 bits per heavy atom. The monoisotopic (exact) mass is 260 g/mol. The summed E-state index contributed by atoms with van der Waals surface area (Å²) in [5, 5.41) is 0.241. The Bertz CT molecular complexity index is 379. The molecular formula is C12H14Cl2O2. The molecular weight excluding hydrogens is 247 g/mol. The van der Waals surface area contributed by atoms with Crippen molar-refractivity contribution < 1.29 is 9.53 Å². The number of rotatable bonds is 4. The first-order valence-electron chi connectivity index (χ1n) is 5.08. The smallest absolute Gasteiger partial charge is 0.262 e. The Hall–Kier alpha value is -0.730. The minimum absolute atomic E-state index is 0.479. The molecule has 1 rings (SSSR count). The van der Waals surface area contributed by atoms with E-state index < -0.39 is 11.3 Å². The number of hydrogen-bond acceptors (Lipinski definition) is 2. The molecule has 4 heteroatoms. The second-order valence-electron chi connectivity index (χ2n) is 3.69.